The number of halogens is 1. The Morgan fingerprint density at radius 1 is 1.26 bits per heavy atom. The molecule has 0 aliphatic carbocycles. The van der Waals surface area contributed by atoms with Crippen LogP contribution >= 0.6 is 0 Å². The summed E-state index contributed by atoms with van der Waals surface area (Å²) in [5.41, 5.74) is 1.76. The van der Waals surface area contributed by atoms with Crippen LogP contribution in [0.3, 0.4) is 0 Å². The molecule has 1 aromatic heterocycles. The Bertz CT molecular complexity index is 917. The summed E-state index contributed by atoms with van der Waals surface area (Å²) in [6.45, 7) is 1.47. The van der Waals surface area contributed by atoms with Crippen molar-refractivity contribution in [3.05, 3.63) is 41.8 Å². The van der Waals surface area contributed by atoms with Crippen molar-refractivity contribution in [2.45, 2.75) is 12.8 Å². The molecule has 2 heterocycles. The Morgan fingerprint density at radius 3 is 2.48 bits per heavy atom. The van der Waals surface area contributed by atoms with Gasteiger partial charge in [0.15, 0.2) is 0 Å². The van der Waals surface area contributed by atoms with E-state index in [1.807, 2.05) is 0 Å². The number of carbonyl (C=O) groups excluding carboxylic acids is 1. The zero-order chi connectivity index (χ0) is 19.6. The molecule has 1 N–H and O–H groups in total. The molecule has 0 saturated carbocycles. The summed E-state index contributed by atoms with van der Waals surface area (Å²) in [6.07, 6.45) is 2.66. The van der Waals surface area contributed by atoms with E-state index in [0.717, 1.165) is 18.4 Å². The Morgan fingerprint density at radius 2 is 1.89 bits per heavy atom. The second kappa shape index (κ2) is 7.77. The molecule has 9 heteroatoms. The van der Waals surface area contributed by atoms with Crippen molar-refractivity contribution in [2.75, 3.05) is 25.9 Å². The van der Waals surface area contributed by atoms with Crippen molar-refractivity contribution >= 4 is 15.9 Å². The lowest BCUT2D eigenvalue weighted by Crippen LogP contribution is -2.41. The van der Waals surface area contributed by atoms with Crippen LogP contribution in [0.4, 0.5) is 4.39 Å². The highest BCUT2D eigenvalue weighted by molar-refractivity contribution is 7.88. The summed E-state index contributed by atoms with van der Waals surface area (Å²) in [4.78, 5) is 12.5. The van der Waals surface area contributed by atoms with Gasteiger partial charge < -0.3 is 5.32 Å². The number of hydrogen-bond acceptors (Lipinski definition) is 4. The molecule has 2 aromatic rings. The van der Waals surface area contributed by atoms with Crippen LogP contribution in [0.25, 0.3) is 11.3 Å². The van der Waals surface area contributed by atoms with E-state index < -0.39 is 10.0 Å². The molecule has 0 unspecified atom stereocenters. The largest absolute Gasteiger partial charge is 0.350 e. The molecule has 27 heavy (non-hydrogen) atoms. The highest BCUT2D eigenvalue weighted by atomic mass is 32.2. The predicted molar refractivity (Wildman–Crippen MR) is 100 cm³/mol. The molecular formula is C18H23FN4O3S. The molecular weight excluding hydrogens is 371 g/mol. The molecule has 3 rings (SSSR count). The molecule has 1 aromatic carbocycles. The lowest BCUT2D eigenvalue weighted by atomic mass is 9.98. The number of nitrogens with one attached hydrogen (secondary N) is 1. The standard InChI is InChI=1S/C18H23FN4O3S/c1-22-17(11-16(21-22)14-3-5-15(19)6-4-14)18(24)20-12-13-7-9-23(10-8-13)27(2,25)26/h3-6,11,13H,7-10,12H2,1-2H3,(H,20,24). The molecule has 1 aliphatic heterocycles. The van der Waals surface area contributed by atoms with Gasteiger partial charge in [0, 0.05) is 32.2 Å². The van der Waals surface area contributed by atoms with Crippen LogP contribution in [0, 0.1) is 11.7 Å². The van der Waals surface area contributed by atoms with Gasteiger partial charge in [-0.05, 0) is 49.1 Å². The molecule has 0 spiro atoms. The van der Waals surface area contributed by atoms with E-state index in [-0.39, 0.29) is 17.6 Å². The van der Waals surface area contributed by atoms with Crippen molar-refractivity contribution in [1.82, 2.24) is 19.4 Å². The number of piperidine rings is 1. The molecule has 0 atom stereocenters. The van der Waals surface area contributed by atoms with Crippen molar-refractivity contribution in [3.8, 4) is 11.3 Å². The number of benzene rings is 1. The van der Waals surface area contributed by atoms with E-state index in [2.05, 4.69) is 10.4 Å². The van der Waals surface area contributed by atoms with Crippen molar-refractivity contribution in [1.29, 1.82) is 0 Å². The molecule has 1 amide bonds. The second-order valence-corrected chi connectivity index (χ2v) is 8.84. The summed E-state index contributed by atoms with van der Waals surface area (Å²) in [6, 6.07) is 7.62. The van der Waals surface area contributed by atoms with Crippen molar-refractivity contribution < 1.29 is 17.6 Å². The summed E-state index contributed by atoms with van der Waals surface area (Å²) < 4.78 is 39.1. The van der Waals surface area contributed by atoms with E-state index in [1.54, 1.807) is 25.2 Å². The normalized spacial score (nSPS) is 16.4. The number of hydrogen-bond donors (Lipinski definition) is 1. The van der Waals surface area contributed by atoms with E-state index in [1.165, 1.54) is 27.4 Å². The maximum atomic E-state index is 13.1. The number of sulfonamides is 1. The SMILES string of the molecule is Cn1nc(-c2ccc(F)cc2)cc1C(=O)NCC1CCN(S(C)(=O)=O)CC1. The fourth-order valence-electron chi connectivity index (χ4n) is 3.21. The van der Waals surface area contributed by atoms with Crippen LogP contribution in [-0.4, -0.2) is 54.3 Å². The maximum Gasteiger partial charge on any atom is 0.269 e. The average molecular weight is 394 g/mol. The first-order valence-corrected chi connectivity index (χ1v) is 10.6. The zero-order valence-corrected chi connectivity index (χ0v) is 16.2. The van der Waals surface area contributed by atoms with Gasteiger partial charge in [0.1, 0.15) is 11.5 Å². The minimum atomic E-state index is -3.14. The molecule has 146 valence electrons. The molecule has 7 nitrogen and oxygen atoms in total. The van der Waals surface area contributed by atoms with Crippen LogP contribution in [0.2, 0.25) is 0 Å². The smallest absolute Gasteiger partial charge is 0.269 e. The summed E-state index contributed by atoms with van der Waals surface area (Å²) in [5, 5.41) is 7.23. The molecule has 1 aliphatic rings. The van der Waals surface area contributed by atoms with Gasteiger partial charge in [-0.3, -0.25) is 9.48 Å². The fourth-order valence-corrected chi connectivity index (χ4v) is 4.09. The first-order valence-electron chi connectivity index (χ1n) is 8.77. The van der Waals surface area contributed by atoms with E-state index in [4.69, 9.17) is 0 Å². The van der Waals surface area contributed by atoms with Crippen LogP contribution in [-0.2, 0) is 17.1 Å². The minimum absolute atomic E-state index is 0.232. The summed E-state index contributed by atoms with van der Waals surface area (Å²) in [7, 11) is -1.46. The van der Waals surface area contributed by atoms with E-state index in [9.17, 15) is 17.6 Å². The number of nitrogens with zero attached hydrogens (tertiary/aromatic N) is 3. The molecule has 1 saturated heterocycles. The molecule has 0 radical (unpaired) electrons. The number of rotatable bonds is 5. The second-order valence-electron chi connectivity index (χ2n) is 6.86. The topological polar surface area (TPSA) is 84.3 Å². The Hall–Kier alpha value is -2.26. The van der Waals surface area contributed by atoms with Gasteiger partial charge >= 0.3 is 0 Å². The average Bonchev–Trinajstić information content (AvgIpc) is 3.02. The van der Waals surface area contributed by atoms with Gasteiger partial charge in [0.2, 0.25) is 10.0 Å². The predicted octanol–water partition coefficient (Wildman–Crippen LogP) is 1.63. The molecule has 1 fully saturated rings. The minimum Gasteiger partial charge on any atom is -0.350 e. The van der Waals surface area contributed by atoms with Crippen LogP contribution in [0.5, 0.6) is 0 Å². The lowest BCUT2D eigenvalue weighted by Gasteiger charge is -2.30. The van der Waals surface area contributed by atoms with E-state index in [0.29, 0.717) is 31.0 Å². The maximum absolute atomic E-state index is 13.1. The quantitative estimate of drug-likeness (QED) is 0.835. The number of amides is 1. The fraction of sp³-hybridized carbons (Fsp3) is 0.444. The third kappa shape index (κ3) is 4.72. The Labute approximate surface area is 158 Å². The van der Waals surface area contributed by atoms with Crippen molar-refractivity contribution in [2.24, 2.45) is 13.0 Å². The van der Waals surface area contributed by atoms with Crippen LogP contribution in [0.15, 0.2) is 30.3 Å². The first-order chi connectivity index (χ1) is 12.7. The highest BCUT2D eigenvalue weighted by Gasteiger charge is 2.25. The van der Waals surface area contributed by atoms with Gasteiger partial charge in [-0.25, -0.2) is 17.1 Å². The number of aromatic nitrogens is 2. The highest BCUT2D eigenvalue weighted by Crippen LogP contribution is 2.20. The van der Waals surface area contributed by atoms with E-state index >= 15 is 0 Å². The Kier molecular flexibility index (Phi) is 5.61. The molecule has 0 bridgehead atoms. The van der Waals surface area contributed by atoms with Crippen LogP contribution < -0.4 is 5.32 Å². The lowest BCUT2D eigenvalue weighted by molar-refractivity contribution is 0.0932. The number of aryl methyl sites for hydroxylation is 1. The van der Waals surface area contributed by atoms with Gasteiger partial charge in [0.05, 0.1) is 11.9 Å². The summed E-state index contributed by atoms with van der Waals surface area (Å²) in [5.74, 6) is -0.310. The van der Waals surface area contributed by atoms with Crippen LogP contribution in [0.1, 0.15) is 23.3 Å². The third-order valence-corrected chi connectivity index (χ3v) is 6.15. The van der Waals surface area contributed by atoms with Gasteiger partial charge in [-0.1, -0.05) is 0 Å². The van der Waals surface area contributed by atoms with Gasteiger partial charge in [-0.15, -0.1) is 0 Å². The summed E-state index contributed by atoms with van der Waals surface area (Å²) >= 11 is 0. The third-order valence-electron chi connectivity index (χ3n) is 4.85. The van der Waals surface area contributed by atoms with Gasteiger partial charge in [0.25, 0.3) is 5.91 Å². The zero-order valence-electron chi connectivity index (χ0n) is 15.4. The first kappa shape index (κ1) is 19.5. The van der Waals surface area contributed by atoms with Gasteiger partial charge in [-0.2, -0.15) is 5.10 Å². The number of carbonyl (C=O) groups is 1. The Balaban J connectivity index is 1.58. The van der Waals surface area contributed by atoms with Crippen molar-refractivity contribution in [3.63, 3.8) is 0 Å². The monoisotopic (exact) mass is 394 g/mol.